The van der Waals surface area contributed by atoms with Crippen molar-refractivity contribution in [3.8, 4) is 0 Å². The average Bonchev–Trinajstić information content (AvgIpc) is 1.60. The molecule has 53 valence electrons. The minimum Gasteiger partial charge on any atom is -0.376 e. The van der Waals surface area contributed by atoms with Gasteiger partial charge in [-0.25, -0.2) is 4.79 Å². The molecule has 5 heteroatoms. The Hall–Kier alpha value is -0.0126. The van der Waals surface area contributed by atoms with Gasteiger partial charge in [-0.2, -0.15) is 4.89 Å². The molecule has 1 fully saturated rings. The molecule has 0 saturated carbocycles. The summed E-state index contributed by atoms with van der Waals surface area (Å²) >= 11 is 0. The molecule has 0 amide bonds. The molecule has 1 aliphatic heterocycles. The molecule has 0 aromatic heterocycles. The van der Waals surface area contributed by atoms with Gasteiger partial charge in [0.15, 0.2) is 6.10 Å². The largest absolute Gasteiger partial charge is 0.376 e. The zero-order chi connectivity index (χ0) is 6.69. The maximum Gasteiger partial charge on any atom is 0.339 e. The van der Waals surface area contributed by atoms with E-state index in [0.29, 0.717) is 13.2 Å². The summed E-state index contributed by atoms with van der Waals surface area (Å²) in [7, 11) is 0. The van der Waals surface area contributed by atoms with Gasteiger partial charge in [0.1, 0.15) is 0 Å². The van der Waals surface area contributed by atoms with Crippen LogP contribution in [0.2, 0.25) is 0 Å². The number of hydrogen-bond donors (Lipinski definition) is 0. The Morgan fingerprint density at radius 3 is 2.50 bits per heavy atom. The van der Waals surface area contributed by atoms with Gasteiger partial charge in [-0.3, -0.25) is 4.89 Å². The molecule has 0 aliphatic carbocycles. The summed E-state index contributed by atoms with van der Waals surface area (Å²) in [6, 6.07) is 0. The quantitative estimate of drug-likeness (QED) is 0.294. The van der Waals surface area contributed by atoms with Crippen LogP contribution in [0, 0.1) is 0 Å². The van der Waals surface area contributed by atoms with Crippen LogP contribution in [0.4, 0.5) is 0 Å². The van der Waals surface area contributed by atoms with Crippen LogP contribution >= 0.6 is 0 Å². The molecule has 4 nitrogen and oxygen atoms in total. The summed E-state index contributed by atoms with van der Waals surface area (Å²) in [5, 5.41) is 0. The second-order valence-corrected chi connectivity index (χ2v) is 1.83. The molecule has 1 aliphatic rings. The molecule has 0 aromatic rings. The van der Waals surface area contributed by atoms with Crippen LogP contribution in [0.15, 0.2) is 0 Å². The van der Waals surface area contributed by atoms with E-state index in [1.54, 1.807) is 0 Å². The van der Waals surface area contributed by atoms with Gasteiger partial charge in [0.25, 0.3) is 0 Å². The molecular weight excluding hydrogens is 131 g/mol. The molecule has 1 radical (unpaired) electrons. The molecule has 1 rings (SSSR count). The van der Waals surface area contributed by atoms with E-state index in [1.807, 2.05) is 0 Å². The summed E-state index contributed by atoms with van der Waals surface area (Å²) in [6.45, 7) is 2.33. The summed E-state index contributed by atoms with van der Waals surface area (Å²) in [5.74, 6) is -0.429. The first-order valence-electron chi connectivity index (χ1n) is 2.70. The van der Waals surface area contributed by atoms with E-state index in [1.165, 1.54) is 6.92 Å². The Morgan fingerprint density at radius 1 is 1.60 bits per heavy atom. The van der Waals surface area contributed by atoms with Gasteiger partial charge < -0.3 is 4.74 Å². The van der Waals surface area contributed by atoms with Crippen molar-refractivity contribution in [1.82, 2.24) is 0 Å². The van der Waals surface area contributed by atoms with E-state index in [0.717, 1.165) is 0 Å². The van der Waals surface area contributed by atoms with E-state index in [2.05, 4.69) is 9.78 Å². The predicted octanol–water partition coefficient (Wildman–Crippen LogP) is -0.501. The standard InChI is InChI=1S/C5H8O4.Li/c1-4(6)8-9-5-2-7-3-5;/h5H,2-3H2,1H3;. The fourth-order valence-corrected chi connectivity index (χ4v) is 0.405. The van der Waals surface area contributed by atoms with Crippen molar-refractivity contribution in [3.63, 3.8) is 0 Å². The van der Waals surface area contributed by atoms with Crippen molar-refractivity contribution >= 4 is 24.8 Å². The first kappa shape index (κ1) is 9.99. The van der Waals surface area contributed by atoms with Crippen LogP contribution in [0.5, 0.6) is 0 Å². The molecule has 0 N–H and O–H groups in total. The zero-order valence-corrected chi connectivity index (χ0v) is 6.12. The average molecular weight is 139 g/mol. The van der Waals surface area contributed by atoms with Crippen molar-refractivity contribution in [2.75, 3.05) is 13.2 Å². The minimum absolute atomic E-state index is 0. The van der Waals surface area contributed by atoms with Crippen molar-refractivity contribution in [3.05, 3.63) is 0 Å². The van der Waals surface area contributed by atoms with E-state index in [9.17, 15) is 4.79 Å². The van der Waals surface area contributed by atoms with Crippen LogP contribution < -0.4 is 0 Å². The Balaban J connectivity index is 0.000000810. The Kier molecular flexibility index (Phi) is 4.74. The van der Waals surface area contributed by atoms with Gasteiger partial charge in [0.05, 0.1) is 13.2 Å². The van der Waals surface area contributed by atoms with Gasteiger partial charge in [-0.1, -0.05) is 0 Å². The van der Waals surface area contributed by atoms with Crippen molar-refractivity contribution in [2.45, 2.75) is 13.0 Å². The SMILES string of the molecule is CC(=O)OOC1COC1.[Li]. The first-order valence-corrected chi connectivity index (χ1v) is 2.70. The van der Waals surface area contributed by atoms with E-state index < -0.39 is 5.97 Å². The molecule has 1 saturated heterocycles. The number of carbonyl (C=O) groups is 1. The number of ether oxygens (including phenoxy) is 1. The molecule has 0 bridgehead atoms. The maximum absolute atomic E-state index is 10.1. The third-order valence-corrected chi connectivity index (χ3v) is 0.909. The van der Waals surface area contributed by atoms with Gasteiger partial charge >= 0.3 is 5.97 Å². The van der Waals surface area contributed by atoms with E-state index in [-0.39, 0.29) is 25.0 Å². The summed E-state index contributed by atoms with van der Waals surface area (Å²) in [4.78, 5) is 18.9. The fraction of sp³-hybridized carbons (Fsp3) is 0.800. The number of rotatable bonds is 2. The Labute approximate surface area is 70.9 Å². The summed E-state index contributed by atoms with van der Waals surface area (Å²) in [5.41, 5.74) is 0. The fourth-order valence-electron chi connectivity index (χ4n) is 0.405. The third kappa shape index (κ3) is 3.23. The minimum atomic E-state index is -0.429. The van der Waals surface area contributed by atoms with Crippen LogP contribution in [0.1, 0.15) is 6.92 Å². The summed E-state index contributed by atoms with van der Waals surface area (Å²) in [6.07, 6.45) is -0.0473. The van der Waals surface area contributed by atoms with E-state index >= 15 is 0 Å². The van der Waals surface area contributed by atoms with Crippen LogP contribution in [0.3, 0.4) is 0 Å². The monoisotopic (exact) mass is 139 g/mol. The predicted molar refractivity (Wildman–Crippen MR) is 33.2 cm³/mol. The molecule has 0 spiro atoms. The van der Waals surface area contributed by atoms with Crippen LogP contribution in [-0.4, -0.2) is 44.1 Å². The molecular formula is C5H8LiO4. The molecule has 0 atom stereocenters. The second-order valence-electron chi connectivity index (χ2n) is 1.83. The van der Waals surface area contributed by atoms with Gasteiger partial charge in [-0.15, -0.1) is 0 Å². The molecule has 0 unspecified atom stereocenters. The zero-order valence-electron chi connectivity index (χ0n) is 6.12. The maximum atomic E-state index is 10.1. The van der Waals surface area contributed by atoms with Crippen molar-refractivity contribution in [2.24, 2.45) is 0 Å². The van der Waals surface area contributed by atoms with E-state index in [4.69, 9.17) is 4.74 Å². The van der Waals surface area contributed by atoms with Crippen LogP contribution in [0.25, 0.3) is 0 Å². The Morgan fingerprint density at radius 2 is 2.20 bits per heavy atom. The first-order chi connectivity index (χ1) is 4.29. The summed E-state index contributed by atoms with van der Waals surface area (Å²) < 4.78 is 4.75. The van der Waals surface area contributed by atoms with Gasteiger partial charge in [0.2, 0.25) is 0 Å². The van der Waals surface area contributed by atoms with Crippen molar-refractivity contribution in [1.29, 1.82) is 0 Å². The molecule has 0 aromatic carbocycles. The Bertz CT molecular complexity index is 112. The third-order valence-electron chi connectivity index (χ3n) is 0.909. The normalized spacial score (nSPS) is 16.9. The molecule has 1 heterocycles. The smallest absolute Gasteiger partial charge is 0.339 e. The topological polar surface area (TPSA) is 44.8 Å². The number of carbonyl (C=O) groups excluding carboxylic acids is 1. The second kappa shape index (κ2) is 4.75. The number of hydrogen-bond acceptors (Lipinski definition) is 4. The molecule has 10 heavy (non-hydrogen) atoms. The van der Waals surface area contributed by atoms with Gasteiger partial charge in [0, 0.05) is 25.8 Å². The van der Waals surface area contributed by atoms with Crippen molar-refractivity contribution < 1.29 is 19.3 Å². The van der Waals surface area contributed by atoms with Crippen LogP contribution in [-0.2, 0) is 19.3 Å². The van der Waals surface area contributed by atoms with Gasteiger partial charge in [-0.05, 0) is 0 Å².